The molecule has 0 aliphatic heterocycles. The van der Waals surface area contributed by atoms with Gasteiger partial charge in [0.2, 0.25) is 0 Å². The molecule has 1 atom stereocenters. The predicted molar refractivity (Wildman–Crippen MR) is 58.3 cm³/mol. The van der Waals surface area contributed by atoms with E-state index in [9.17, 15) is 4.39 Å². The van der Waals surface area contributed by atoms with Gasteiger partial charge in [-0.25, -0.2) is 4.39 Å². The van der Waals surface area contributed by atoms with E-state index < -0.39 is 0 Å². The highest BCUT2D eigenvalue weighted by Gasteiger charge is 1.91. The number of rotatable bonds is 4. The van der Waals surface area contributed by atoms with Gasteiger partial charge in [-0.1, -0.05) is 24.3 Å². The van der Waals surface area contributed by atoms with Gasteiger partial charge in [-0.3, -0.25) is 0 Å². The summed E-state index contributed by atoms with van der Waals surface area (Å²) in [6.07, 6.45) is 6.01. The van der Waals surface area contributed by atoms with Gasteiger partial charge < -0.3 is 5.73 Å². The Balaban J connectivity index is 2.40. The lowest BCUT2D eigenvalue weighted by Crippen LogP contribution is -2.13. The zero-order chi connectivity index (χ0) is 10.4. The number of hydrogen-bond donors (Lipinski definition) is 1. The minimum Gasteiger partial charge on any atom is -0.328 e. The Labute approximate surface area is 84.4 Å². The minimum atomic E-state index is -0.197. The second-order valence-electron chi connectivity index (χ2n) is 3.51. The van der Waals surface area contributed by atoms with E-state index >= 15 is 0 Å². The lowest BCUT2D eigenvalue weighted by Gasteiger charge is -1.99. The number of allylic oxidation sites excluding steroid dienone is 1. The lowest BCUT2D eigenvalue weighted by atomic mass is 10.1. The van der Waals surface area contributed by atoms with Gasteiger partial charge in [-0.05, 0) is 37.5 Å². The van der Waals surface area contributed by atoms with Crippen LogP contribution in [0, 0.1) is 5.82 Å². The third-order valence-corrected chi connectivity index (χ3v) is 1.97. The summed E-state index contributed by atoms with van der Waals surface area (Å²) < 4.78 is 12.5. The van der Waals surface area contributed by atoms with Crippen LogP contribution in [0.5, 0.6) is 0 Å². The topological polar surface area (TPSA) is 26.0 Å². The van der Waals surface area contributed by atoms with E-state index in [1.165, 1.54) is 12.1 Å². The molecule has 0 bridgehead atoms. The highest BCUT2D eigenvalue weighted by Crippen LogP contribution is 2.06. The van der Waals surface area contributed by atoms with Crippen molar-refractivity contribution in [3.8, 4) is 0 Å². The van der Waals surface area contributed by atoms with Crippen molar-refractivity contribution >= 4 is 6.08 Å². The average Bonchev–Trinajstić information content (AvgIpc) is 2.15. The SMILES string of the molecule is C[C@H](N)CCC=Cc1ccc(F)cc1. The van der Waals surface area contributed by atoms with Gasteiger partial charge in [-0.15, -0.1) is 0 Å². The molecule has 1 rings (SSSR count). The summed E-state index contributed by atoms with van der Waals surface area (Å²) in [7, 11) is 0. The summed E-state index contributed by atoms with van der Waals surface area (Å²) in [5.74, 6) is -0.197. The van der Waals surface area contributed by atoms with Gasteiger partial charge in [-0.2, -0.15) is 0 Å². The van der Waals surface area contributed by atoms with Crippen molar-refractivity contribution in [3.05, 3.63) is 41.7 Å². The molecule has 0 aromatic heterocycles. The summed E-state index contributed by atoms with van der Waals surface area (Å²) in [6, 6.07) is 6.69. The van der Waals surface area contributed by atoms with E-state index in [1.807, 2.05) is 13.0 Å². The Morgan fingerprint density at radius 1 is 1.36 bits per heavy atom. The molecule has 76 valence electrons. The summed E-state index contributed by atoms with van der Waals surface area (Å²) in [6.45, 7) is 1.99. The molecule has 14 heavy (non-hydrogen) atoms. The number of hydrogen-bond acceptors (Lipinski definition) is 1. The summed E-state index contributed by atoms with van der Waals surface area (Å²) in [5, 5.41) is 0. The molecule has 0 aliphatic carbocycles. The Bertz CT molecular complexity index is 288. The van der Waals surface area contributed by atoms with Crippen molar-refractivity contribution < 1.29 is 4.39 Å². The van der Waals surface area contributed by atoms with Crippen LogP contribution in [0.25, 0.3) is 6.08 Å². The fraction of sp³-hybridized carbons (Fsp3) is 0.333. The van der Waals surface area contributed by atoms with Crippen molar-refractivity contribution in [2.45, 2.75) is 25.8 Å². The van der Waals surface area contributed by atoms with Gasteiger partial charge in [0, 0.05) is 6.04 Å². The molecular weight excluding hydrogens is 177 g/mol. The molecule has 2 N–H and O–H groups in total. The molecule has 0 saturated heterocycles. The Morgan fingerprint density at radius 3 is 2.57 bits per heavy atom. The Kier molecular flexibility index (Phi) is 4.33. The number of nitrogens with two attached hydrogens (primary N) is 1. The second kappa shape index (κ2) is 5.55. The number of halogens is 1. The Hall–Kier alpha value is -1.15. The fourth-order valence-corrected chi connectivity index (χ4v) is 1.15. The first-order valence-electron chi connectivity index (χ1n) is 4.86. The maximum absolute atomic E-state index is 12.5. The molecule has 0 saturated carbocycles. The summed E-state index contributed by atoms with van der Waals surface area (Å²) in [5.41, 5.74) is 6.63. The van der Waals surface area contributed by atoms with Crippen LogP contribution >= 0.6 is 0 Å². The monoisotopic (exact) mass is 193 g/mol. The van der Waals surface area contributed by atoms with Gasteiger partial charge in [0.05, 0.1) is 0 Å². The molecule has 2 heteroatoms. The molecule has 0 heterocycles. The van der Waals surface area contributed by atoms with Crippen LogP contribution in [-0.2, 0) is 0 Å². The van der Waals surface area contributed by atoms with E-state index in [0.717, 1.165) is 18.4 Å². The molecule has 1 aromatic carbocycles. The van der Waals surface area contributed by atoms with Crippen LogP contribution < -0.4 is 5.73 Å². The highest BCUT2D eigenvalue weighted by atomic mass is 19.1. The normalized spacial score (nSPS) is 13.4. The first-order chi connectivity index (χ1) is 6.68. The van der Waals surface area contributed by atoms with E-state index in [2.05, 4.69) is 6.08 Å². The van der Waals surface area contributed by atoms with Crippen LogP contribution in [0.1, 0.15) is 25.3 Å². The van der Waals surface area contributed by atoms with E-state index in [4.69, 9.17) is 5.73 Å². The summed E-state index contributed by atoms with van der Waals surface area (Å²) >= 11 is 0. The van der Waals surface area contributed by atoms with E-state index in [0.29, 0.717) is 0 Å². The highest BCUT2D eigenvalue weighted by molar-refractivity contribution is 5.48. The van der Waals surface area contributed by atoms with Crippen LogP contribution in [0.2, 0.25) is 0 Å². The van der Waals surface area contributed by atoms with Crippen molar-refractivity contribution in [2.75, 3.05) is 0 Å². The molecule has 0 aliphatic rings. The summed E-state index contributed by atoms with van der Waals surface area (Å²) in [4.78, 5) is 0. The van der Waals surface area contributed by atoms with Crippen molar-refractivity contribution in [1.29, 1.82) is 0 Å². The van der Waals surface area contributed by atoms with Crippen molar-refractivity contribution in [1.82, 2.24) is 0 Å². The lowest BCUT2D eigenvalue weighted by molar-refractivity contribution is 0.628. The zero-order valence-electron chi connectivity index (χ0n) is 8.41. The maximum atomic E-state index is 12.5. The standard InChI is InChI=1S/C12H16FN/c1-10(14)4-2-3-5-11-6-8-12(13)9-7-11/h3,5-10H,2,4,14H2,1H3/t10-/m0/s1. The molecule has 0 radical (unpaired) electrons. The quantitative estimate of drug-likeness (QED) is 0.781. The smallest absolute Gasteiger partial charge is 0.123 e. The zero-order valence-corrected chi connectivity index (χ0v) is 8.41. The molecular formula is C12H16FN. The van der Waals surface area contributed by atoms with Crippen molar-refractivity contribution in [3.63, 3.8) is 0 Å². The van der Waals surface area contributed by atoms with Gasteiger partial charge in [0.25, 0.3) is 0 Å². The third-order valence-electron chi connectivity index (χ3n) is 1.97. The van der Waals surface area contributed by atoms with Crippen LogP contribution in [-0.4, -0.2) is 6.04 Å². The molecule has 1 nitrogen and oxygen atoms in total. The first-order valence-corrected chi connectivity index (χ1v) is 4.86. The van der Waals surface area contributed by atoms with Gasteiger partial charge in [0.15, 0.2) is 0 Å². The third kappa shape index (κ3) is 4.19. The molecule has 0 unspecified atom stereocenters. The molecule has 0 spiro atoms. The van der Waals surface area contributed by atoms with Crippen LogP contribution in [0.4, 0.5) is 4.39 Å². The largest absolute Gasteiger partial charge is 0.328 e. The van der Waals surface area contributed by atoms with Crippen molar-refractivity contribution in [2.24, 2.45) is 5.73 Å². The molecule has 1 aromatic rings. The van der Waals surface area contributed by atoms with Crippen LogP contribution in [0.3, 0.4) is 0 Å². The molecule has 0 amide bonds. The second-order valence-corrected chi connectivity index (χ2v) is 3.51. The maximum Gasteiger partial charge on any atom is 0.123 e. The predicted octanol–water partition coefficient (Wildman–Crippen LogP) is 2.97. The van der Waals surface area contributed by atoms with Gasteiger partial charge in [0.1, 0.15) is 5.82 Å². The Morgan fingerprint density at radius 2 is 2.00 bits per heavy atom. The van der Waals surface area contributed by atoms with Crippen LogP contribution in [0.15, 0.2) is 30.3 Å². The van der Waals surface area contributed by atoms with E-state index in [1.54, 1.807) is 12.1 Å². The van der Waals surface area contributed by atoms with E-state index in [-0.39, 0.29) is 11.9 Å². The van der Waals surface area contributed by atoms with Gasteiger partial charge >= 0.3 is 0 Å². The molecule has 0 fully saturated rings. The number of benzene rings is 1. The minimum absolute atomic E-state index is 0.197. The fourth-order valence-electron chi connectivity index (χ4n) is 1.15. The average molecular weight is 193 g/mol. The first kappa shape index (κ1) is 10.9.